The van der Waals surface area contributed by atoms with Gasteiger partial charge in [-0.3, -0.25) is 0 Å². The molecule has 0 amide bonds. The van der Waals surface area contributed by atoms with Gasteiger partial charge in [0.05, 0.1) is 5.52 Å². The molecule has 0 saturated heterocycles. The minimum Gasteiger partial charge on any atom is -0.508 e. The lowest BCUT2D eigenvalue weighted by Gasteiger charge is -2.21. The molecule has 23 heavy (non-hydrogen) atoms. The van der Waals surface area contributed by atoms with Crippen molar-refractivity contribution in [2.75, 3.05) is 5.32 Å². The fourth-order valence-electron chi connectivity index (χ4n) is 3.20. The maximum Gasteiger partial charge on any atom is 0.141 e. The third-order valence-corrected chi connectivity index (χ3v) is 4.31. The van der Waals surface area contributed by atoms with Gasteiger partial charge in [-0.05, 0) is 61.1 Å². The van der Waals surface area contributed by atoms with Crippen LogP contribution in [0, 0.1) is 0 Å². The first-order chi connectivity index (χ1) is 10.8. The average molecular weight is 328 g/mol. The molecule has 0 atom stereocenters. The number of nitrogens with one attached hydrogen (secondary N) is 1. The van der Waals surface area contributed by atoms with Crippen LogP contribution in [0.25, 0.3) is 10.9 Å². The molecule has 0 unspecified atom stereocenters. The van der Waals surface area contributed by atoms with E-state index in [0.717, 1.165) is 53.7 Å². The van der Waals surface area contributed by atoms with Crippen molar-refractivity contribution < 1.29 is 5.11 Å². The van der Waals surface area contributed by atoms with Crippen molar-refractivity contribution in [3.63, 3.8) is 0 Å². The third kappa shape index (κ3) is 2.82. The van der Waals surface area contributed by atoms with E-state index in [1.807, 2.05) is 30.3 Å². The van der Waals surface area contributed by atoms with Gasteiger partial charge in [0, 0.05) is 11.1 Å². The molecule has 4 rings (SSSR count). The van der Waals surface area contributed by atoms with Crippen LogP contribution in [0.4, 0.5) is 11.5 Å². The lowest BCUT2D eigenvalue weighted by Crippen LogP contribution is -2.07. The van der Waals surface area contributed by atoms with Crippen LogP contribution in [0.5, 0.6) is 5.75 Å². The molecule has 5 heteroatoms. The summed E-state index contributed by atoms with van der Waals surface area (Å²) in [5, 5.41) is 14.5. The summed E-state index contributed by atoms with van der Waals surface area (Å²) >= 11 is 0. The summed E-state index contributed by atoms with van der Waals surface area (Å²) in [4.78, 5) is 8.68. The lowest BCUT2D eigenvalue weighted by atomic mass is 9.89. The molecule has 0 spiro atoms. The molecule has 2 N–H and O–H groups in total. The first-order valence-corrected chi connectivity index (χ1v) is 7.63. The zero-order valence-electron chi connectivity index (χ0n) is 12.6. The number of nitrogens with zero attached hydrogens (tertiary/aromatic N) is 2. The Labute approximate surface area is 141 Å². The predicted octanol–water partition coefficient (Wildman–Crippen LogP) is 4.38. The number of rotatable bonds is 2. The molecule has 4 nitrogen and oxygen atoms in total. The standard InChI is InChI=1S/C18H17N3O.ClH/c22-17-10-9-16(12-5-1-2-6-13(12)17)21-18-14-7-3-4-8-15(14)19-11-20-18;/h3-4,7-11,22H,1-2,5-6H2,(H,19,20,21);1H. The monoisotopic (exact) mass is 327 g/mol. The fourth-order valence-corrected chi connectivity index (χ4v) is 3.20. The highest BCUT2D eigenvalue weighted by Crippen LogP contribution is 2.35. The smallest absolute Gasteiger partial charge is 0.141 e. The maximum absolute atomic E-state index is 10.1. The Kier molecular flexibility index (Phi) is 4.35. The van der Waals surface area contributed by atoms with Gasteiger partial charge in [-0.15, -0.1) is 12.4 Å². The zero-order valence-corrected chi connectivity index (χ0v) is 13.4. The summed E-state index contributed by atoms with van der Waals surface area (Å²) in [5.74, 6) is 1.22. The van der Waals surface area contributed by atoms with Crippen molar-refractivity contribution in [1.82, 2.24) is 9.97 Å². The van der Waals surface area contributed by atoms with Gasteiger partial charge in [0.2, 0.25) is 0 Å². The summed E-state index contributed by atoms with van der Waals surface area (Å²) in [7, 11) is 0. The quantitative estimate of drug-likeness (QED) is 0.686. The van der Waals surface area contributed by atoms with Crippen molar-refractivity contribution in [3.8, 4) is 5.75 Å². The molecule has 0 saturated carbocycles. The van der Waals surface area contributed by atoms with Gasteiger partial charge in [0.25, 0.3) is 0 Å². The van der Waals surface area contributed by atoms with Crippen LogP contribution in [-0.2, 0) is 12.8 Å². The van der Waals surface area contributed by atoms with Crippen molar-refractivity contribution in [2.45, 2.75) is 25.7 Å². The van der Waals surface area contributed by atoms with Gasteiger partial charge < -0.3 is 10.4 Å². The molecule has 0 radical (unpaired) electrons. The first kappa shape index (κ1) is 15.6. The van der Waals surface area contributed by atoms with Gasteiger partial charge in [0.15, 0.2) is 0 Å². The van der Waals surface area contributed by atoms with E-state index < -0.39 is 0 Å². The summed E-state index contributed by atoms with van der Waals surface area (Å²) in [6.07, 6.45) is 5.82. The molecule has 3 aromatic rings. The molecule has 2 aromatic carbocycles. The molecule has 1 aliphatic rings. The second kappa shape index (κ2) is 6.42. The van der Waals surface area contributed by atoms with E-state index in [2.05, 4.69) is 15.3 Å². The topological polar surface area (TPSA) is 58.0 Å². The van der Waals surface area contributed by atoms with Gasteiger partial charge in [0.1, 0.15) is 17.9 Å². The summed E-state index contributed by atoms with van der Waals surface area (Å²) in [5.41, 5.74) is 4.26. The molecule has 118 valence electrons. The van der Waals surface area contributed by atoms with Crippen LogP contribution in [0.15, 0.2) is 42.7 Å². The molecular formula is C18H18ClN3O. The van der Waals surface area contributed by atoms with Gasteiger partial charge in [-0.1, -0.05) is 12.1 Å². The number of para-hydroxylation sites is 1. The first-order valence-electron chi connectivity index (χ1n) is 7.63. The van der Waals surface area contributed by atoms with Crippen molar-refractivity contribution in [3.05, 3.63) is 53.9 Å². The van der Waals surface area contributed by atoms with Crippen LogP contribution in [0.3, 0.4) is 0 Å². The maximum atomic E-state index is 10.1. The Morgan fingerprint density at radius 3 is 2.57 bits per heavy atom. The van der Waals surface area contributed by atoms with Gasteiger partial charge in [-0.2, -0.15) is 0 Å². The van der Waals surface area contributed by atoms with Crippen LogP contribution >= 0.6 is 12.4 Å². The van der Waals surface area contributed by atoms with Crippen LogP contribution < -0.4 is 5.32 Å². The summed E-state index contributed by atoms with van der Waals surface area (Å²) < 4.78 is 0. The Morgan fingerprint density at radius 2 is 1.70 bits per heavy atom. The SMILES string of the molecule is Cl.Oc1ccc(Nc2ncnc3ccccc23)c2c1CCCC2. The highest BCUT2D eigenvalue weighted by Gasteiger charge is 2.17. The summed E-state index contributed by atoms with van der Waals surface area (Å²) in [6, 6.07) is 11.7. The van der Waals surface area contributed by atoms with Crippen molar-refractivity contribution in [2.24, 2.45) is 0 Å². The number of aromatic hydroxyl groups is 1. The number of anilines is 2. The predicted molar refractivity (Wildman–Crippen MR) is 94.8 cm³/mol. The Bertz CT molecular complexity index is 846. The van der Waals surface area contributed by atoms with E-state index >= 15 is 0 Å². The van der Waals surface area contributed by atoms with Crippen molar-refractivity contribution in [1.29, 1.82) is 0 Å². The Hall–Kier alpha value is -2.33. The number of benzene rings is 2. The van der Waals surface area contributed by atoms with E-state index in [0.29, 0.717) is 5.75 Å². The molecule has 0 bridgehead atoms. The van der Waals surface area contributed by atoms with Crippen molar-refractivity contribution >= 4 is 34.8 Å². The largest absolute Gasteiger partial charge is 0.508 e. The van der Waals surface area contributed by atoms with E-state index in [9.17, 15) is 5.11 Å². The highest BCUT2D eigenvalue weighted by molar-refractivity contribution is 5.90. The molecular weight excluding hydrogens is 310 g/mol. The van der Waals surface area contributed by atoms with Crippen LogP contribution in [0.1, 0.15) is 24.0 Å². The number of aromatic nitrogens is 2. The van der Waals surface area contributed by atoms with Crippen LogP contribution in [-0.4, -0.2) is 15.1 Å². The fraction of sp³-hybridized carbons (Fsp3) is 0.222. The number of hydrogen-bond acceptors (Lipinski definition) is 4. The molecule has 1 heterocycles. The molecule has 0 aliphatic heterocycles. The van der Waals surface area contributed by atoms with E-state index in [1.54, 1.807) is 12.4 Å². The number of halogens is 1. The lowest BCUT2D eigenvalue weighted by molar-refractivity contribution is 0.462. The average Bonchev–Trinajstić information content (AvgIpc) is 2.58. The zero-order chi connectivity index (χ0) is 14.9. The minimum absolute atomic E-state index is 0. The van der Waals surface area contributed by atoms with Gasteiger partial charge in [-0.25, -0.2) is 9.97 Å². The normalized spacial score (nSPS) is 13.2. The Balaban J connectivity index is 0.00000156. The number of phenols is 1. The second-order valence-corrected chi connectivity index (χ2v) is 5.66. The van der Waals surface area contributed by atoms with Gasteiger partial charge >= 0.3 is 0 Å². The Morgan fingerprint density at radius 1 is 0.913 bits per heavy atom. The number of hydrogen-bond donors (Lipinski definition) is 2. The number of phenolic OH excluding ortho intramolecular Hbond substituents is 1. The minimum atomic E-state index is 0. The number of fused-ring (bicyclic) bond motifs is 2. The molecule has 1 aromatic heterocycles. The van der Waals surface area contributed by atoms with E-state index in [1.165, 1.54) is 5.56 Å². The van der Waals surface area contributed by atoms with E-state index in [4.69, 9.17) is 0 Å². The molecule has 0 fully saturated rings. The van der Waals surface area contributed by atoms with E-state index in [-0.39, 0.29) is 12.4 Å². The third-order valence-electron chi connectivity index (χ3n) is 4.31. The molecule has 1 aliphatic carbocycles. The summed E-state index contributed by atoms with van der Waals surface area (Å²) in [6.45, 7) is 0. The van der Waals surface area contributed by atoms with Crippen LogP contribution in [0.2, 0.25) is 0 Å². The second-order valence-electron chi connectivity index (χ2n) is 5.66. The highest BCUT2D eigenvalue weighted by atomic mass is 35.5.